The Morgan fingerprint density at radius 2 is 1.95 bits per heavy atom. The molecule has 21 heavy (non-hydrogen) atoms. The van der Waals surface area contributed by atoms with E-state index in [-0.39, 0.29) is 5.97 Å². The molecule has 116 valence electrons. The van der Waals surface area contributed by atoms with Gasteiger partial charge < -0.3 is 14.6 Å². The predicted octanol–water partition coefficient (Wildman–Crippen LogP) is 3.18. The summed E-state index contributed by atoms with van der Waals surface area (Å²) in [5.74, 6) is 0.980. The molecule has 2 rings (SSSR count). The molecule has 1 saturated carbocycles. The lowest BCUT2D eigenvalue weighted by atomic mass is 10.0. The van der Waals surface area contributed by atoms with Crippen molar-refractivity contribution in [2.45, 2.75) is 45.1 Å². The number of hydrogen-bond donors (Lipinski definition) is 1. The van der Waals surface area contributed by atoms with Crippen LogP contribution in [0.15, 0.2) is 24.3 Å². The van der Waals surface area contributed by atoms with Crippen LogP contribution in [0.4, 0.5) is 0 Å². The molecule has 1 unspecified atom stereocenters. The number of aliphatic hydroxyl groups excluding tert-OH is 1. The maximum absolute atomic E-state index is 11.5. The molecule has 0 saturated heterocycles. The highest BCUT2D eigenvalue weighted by atomic mass is 16.5. The lowest BCUT2D eigenvalue weighted by Crippen LogP contribution is -2.20. The van der Waals surface area contributed by atoms with Crippen LogP contribution in [0.1, 0.15) is 49.4 Å². The van der Waals surface area contributed by atoms with Crippen LogP contribution in [0.5, 0.6) is 5.75 Å². The average Bonchev–Trinajstić information content (AvgIpc) is 2.99. The number of rotatable bonds is 7. The van der Waals surface area contributed by atoms with Gasteiger partial charge in [0, 0.05) is 0 Å². The summed E-state index contributed by atoms with van der Waals surface area (Å²) in [6, 6.07) is 6.82. The van der Waals surface area contributed by atoms with Gasteiger partial charge in [0.15, 0.2) is 0 Å². The molecule has 0 bridgehead atoms. The maximum atomic E-state index is 11.5. The fraction of sp³-hybridized carbons (Fsp3) is 0.588. The van der Waals surface area contributed by atoms with E-state index in [1.807, 2.05) is 0 Å². The lowest BCUT2D eigenvalue weighted by Gasteiger charge is -2.16. The van der Waals surface area contributed by atoms with Gasteiger partial charge in [-0.1, -0.05) is 25.7 Å². The monoisotopic (exact) mass is 292 g/mol. The first-order valence-corrected chi connectivity index (χ1v) is 7.77. The number of aliphatic hydroxyl groups is 1. The molecule has 0 heterocycles. The van der Waals surface area contributed by atoms with E-state index in [1.165, 1.54) is 25.7 Å². The zero-order valence-corrected chi connectivity index (χ0v) is 12.6. The highest BCUT2D eigenvalue weighted by Crippen LogP contribution is 2.28. The van der Waals surface area contributed by atoms with Crippen molar-refractivity contribution in [2.75, 3.05) is 13.2 Å². The third kappa shape index (κ3) is 5.05. The van der Waals surface area contributed by atoms with Crippen LogP contribution in [0, 0.1) is 5.92 Å². The average molecular weight is 292 g/mol. The van der Waals surface area contributed by atoms with Gasteiger partial charge in [0.1, 0.15) is 12.4 Å². The van der Waals surface area contributed by atoms with Crippen LogP contribution in [0.2, 0.25) is 0 Å². The van der Waals surface area contributed by atoms with E-state index in [9.17, 15) is 9.90 Å². The summed E-state index contributed by atoms with van der Waals surface area (Å²) in [5.41, 5.74) is 0.510. The molecule has 0 spiro atoms. The standard InChI is InChI=1S/C17H24O4/c1-2-20-17(19)14-7-9-16(10-8-14)21-12-15(18)11-13-5-3-4-6-13/h7-10,13,15,18H,2-6,11-12H2,1H3. The molecule has 1 aliphatic carbocycles. The largest absolute Gasteiger partial charge is 0.491 e. The minimum atomic E-state index is -0.419. The minimum absolute atomic E-state index is 0.301. The smallest absolute Gasteiger partial charge is 0.338 e. The molecule has 1 aromatic carbocycles. The van der Waals surface area contributed by atoms with Gasteiger partial charge in [-0.3, -0.25) is 0 Å². The summed E-state index contributed by atoms with van der Waals surface area (Å²) in [4.78, 5) is 11.5. The first-order valence-electron chi connectivity index (χ1n) is 7.77. The van der Waals surface area contributed by atoms with Crippen molar-refractivity contribution in [2.24, 2.45) is 5.92 Å². The summed E-state index contributed by atoms with van der Waals surface area (Å²) in [5, 5.41) is 9.98. The Kier molecular flexibility index (Phi) is 6.05. The van der Waals surface area contributed by atoms with Gasteiger partial charge in [-0.25, -0.2) is 4.79 Å². The summed E-state index contributed by atoms with van der Waals surface area (Å²) in [7, 11) is 0. The Labute approximate surface area is 126 Å². The second-order valence-corrected chi connectivity index (χ2v) is 5.60. The van der Waals surface area contributed by atoms with E-state index in [0.717, 1.165) is 6.42 Å². The third-order valence-electron chi connectivity index (χ3n) is 3.89. The molecule has 0 radical (unpaired) electrons. The molecule has 1 aliphatic rings. The highest BCUT2D eigenvalue weighted by molar-refractivity contribution is 5.89. The Morgan fingerprint density at radius 1 is 1.29 bits per heavy atom. The number of hydrogen-bond acceptors (Lipinski definition) is 4. The van der Waals surface area contributed by atoms with Gasteiger partial charge in [0.2, 0.25) is 0 Å². The Bertz CT molecular complexity index is 435. The fourth-order valence-electron chi connectivity index (χ4n) is 2.79. The summed E-state index contributed by atoms with van der Waals surface area (Å²) in [6.07, 6.45) is 5.43. The van der Waals surface area contributed by atoms with Crippen LogP contribution < -0.4 is 4.74 Å². The predicted molar refractivity (Wildman–Crippen MR) is 80.5 cm³/mol. The molecule has 0 aromatic heterocycles. The minimum Gasteiger partial charge on any atom is -0.491 e. The molecule has 1 aromatic rings. The first-order chi connectivity index (χ1) is 10.2. The SMILES string of the molecule is CCOC(=O)c1ccc(OCC(O)CC2CCCC2)cc1. The molecule has 0 aliphatic heterocycles. The molecule has 0 amide bonds. The van der Waals surface area contributed by atoms with Crippen LogP contribution in [0.3, 0.4) is 0 Å². The van der Waals surface area contributed by atoms with Crippen molar-refractivity contribution in [1.82, 2.24) is 0 Å². The van der Waals surface area contributed by atoms with E-state index >= 15 is 0 Å². The van der Waals surface area contributed by atoms with Crippen molar-refractivity contribution in [3.05, 3.63) is 29.8 Å². The first kappa shape index (κ1) is 15.8. The van der Waals surface area contributed by atoms with E-state index < -0.39 is 6.10 Å². The zero-order valence-electron chi connectivity index (χ0n) is 12.6. The molecular weight excluding hydrogens is 268 g/mol. The Hall–Kier alpha value is -1.55. The van der Waals surface area contributed by atoms with Crippen molar-refractivity contribution >= 4 is 5.97 Å². The van der Waals surface area contributed by atoms with Crippen LogP contribution in [-0.2, 0) is 4.74 Å². The molecule has 1 fully saturated rings. The van der Waals surface area contributed by atoms with Gasteiger partial charge in [-0.05, 0) is 43.5 Å². The second kappa shape index (κ2) is 8.03. The topological polar surface area (TPSA) is 55.8 Å². The van der Waals surface area contributed by atoms with Gasteiger partial charge in [-0.2, -0.15) is 0 Å². The number of carbonyl (C=O) groups is 1. The Morgan fingerprint density at radius 3 is 2.57 bits per heavy atom. The van der Waals surface area contributed by atoms with Crippen molar-refractivity contribution < 1.29 is 19.4 Å². The van der Waals surface area contributed by atoms with Crippen LogP contribution in [0.25, 0.3) is 0 Å². The van der Waals surface area contributed by atoms with Crippen LogP contribution >= 0.6 is 0 Å². The third-order valence-corrected chi connectivity index (χ3v) is 3.89. The number of ether oxygens (including phenoxy) is 2. The van der Waals surface area contributed by atoms with Gasteiger partial charge in [0.25, 0.3) is 0 Å². The lowest BCUT2D eigenvalue weighted by molar-refractivity contribution is 0.0526. The number of esters is 1. The van der Waals surface area contributed by atoms with E-state index in [4.69, 9.17) is 9.47 Å². The van der Waals surface area contributed by atoms with E-state index in [2.05, 4.69) is 0 Å². The van der Waals surface area contributed by atoms with E-state index in [0.29, 0.717) is 30.4 Å². The van der Waals surface area contributed by atoms with Crippen molar-refractivity contribution in [3.8, 4) is 5.75 Å². The summed E-state index contributed by atoms with van der Waals surface area (Å²) >= 11 is 0. The second-order valence-electron chi connectivity index (χ2n) is 5.60. The fourth-order valence-corrected chi connectivity index (χ4v) is 2.79. The number of carbonyl (C=O) groups excluding carboxylic acids is 1. The van der Waals surface area contributed by atoms with E-state index in [1.54, 1.807) is 31.2 Å². The molecular formula is C17H24O4. The molecule has 1 N–H and O–H groups in total. The van der Waals surface area contributed by atoms with Crippen molar-refractivity contribution in [3.63, 3.8) is 0 Å². The van der Waals surface area contributed by atoms with Crippen LogP contribution in [-0.4, -0.2) is 30.4 Å². The normalized spacial score (nSPS) is 16.7. The van der Waals surface area contributed by atoms with Gasteiger partial charge in [-0.15, -0.1) is 0 Å². The quantitative estimate of drug-likeness (QED) is 0.784. The summed E-state index contributed by atoms with van der Waals surface area (Å²) < 4.78 is 10.5. The maximum Gasteiger partial charge on any atom is 0.338 e. The Balaban J connectivity index is 1.76. The van der Waals surface area contributed by atoms with Gasteiger partial charge in [0.05, 0.1) is 18.3 Å². The number of benzene rings is 1. The highest BCUT2D eigenvalue weighted by Gasteiger charge is 2.19. The molecule has 4 heteroatoms. The van der Waals surface area contributed by atoms with Crippen molar-refractivity contribution in [1.29, 1.82) is 0 Å². The molecule has 1 atom stereocenters. The molecule has 4 nitrogen and oxygen atoms in total. The summed E-state index contributed by atoms with van der Waals surface area (Å²) in [6.45, 7) is 2.45. The van der Waals surface area contributed by atoms with Gasteiger partial charge >= 0.3 is 5.97 Å². The zero-order chi connectivity index (χ0) is 15.1.